The molecule has 0 amide bonds. The third-order valence-corrected chi connectivity index (χ3v) is 3.43. The van der Waals surface area contributed by atoms with Gasteiger partial charge in [0.2, 0.25) is 0 Å². The van der Waals surface area contributed by atoms with Crippen LogP contribution in [0.1, 0.15) is 39.5 Å². The molecule has 120 valence electrons. The SMILES string of the molecule is CCCCCC(C)NCCOc1cc(OC)cc(OC)c1. The van der Waals surface area contributed by atoms with E-state index in [1.807, 2.05) is 18.2 Å². The van der Waals surface area contributed by atoms with Gasteiger partial charge in [0.15, 0.2) is 0 Å². The smallest absolute Gasteiger partial charge is 0.126 e. The molecule has 0 aliphatic heterocycles. The number of nitrogens with one attached hydrogen (secondary N) is 1. The molecule has 1 aromatic rings. The number of hydrogen-bond acceptors (Lipinski definition) is 4. The molecule has 0 aliphatic rings. The highest BCUT2D eigenvalue weighted by Gasteiger charge is 2.04. The van der Waals surface area contributed by atoms with E-state index in [1.54, 1.807) is 14.2 Å². The van der Waals surface area contributed by atoms with E-state index in [9.17, 15) is 0 Å². The van der Waals surface area contributed by atoms with Crippen molar-refractivity contribution in [1.82, 2.24) is 5.32 Å². The third kappa shape index (κ3) is 7.23. The van der Waals surface area contributed by atoms with Gasteiger partial charge in [0.25, 0.3) is 0 Å². The summed E-state index contributed by atoms with van der Waals surface area (Å²) in [5.74, 6) is 2.25. The predicted octanol–water partition coefficient (Wildman–Crippen LogP) is 3.64. The summed E-state index contributed by atoms with van der Waals surface area (Å²) in [4.78, 5) is 0. The number of hydrogen-bond donors (Lipinski definition) is 1. The van der Waals surface area contributed by atoms with E-state index in [1.165, 1.54) is 25.7 Å². The van der Waals surface area contributed by atoms with Crippen molar-refractivity contribution in [3.8, 4) is 17.2 Å². The Morgan fingerprint density at radius 2 is 1.62 bits per heavy atom. The van der Waals surface area contributed by atoms with Crippen molar-refractivity contribution in [2.45, 2.75) is 45.6 Å². The van der Waals surface area contributed by atoms with Gasteiger partial charge < -0.3 is 19.5 Å². The van der Waals surface area contributed by atoms with E-state index in [2.05, 4.69) is 19.2 Å². The van der Waals surface area contributed by atoms with Crippen molar-refractivity contribution >= 4 is 0 Å². The number of ether oxygens (including phenoxy) is 3. The summed E-state index contributed by atoms with van der Waals surface area (Å²) in [7, 11) is 3.27. The summed E-state index contributed by atoms with van der Waals surface area (Å²) < 4.78 is 16.2. The van der Waals surface area contributed by atoms with Crippen molar-refractivity contribution in [3.63, 3.8) is 0 Å². The van der Waals surface area contributed by atoms with Crippen LogP contribution in [0, 0.1) is 0 Å². The summed E-state index contributed by atoms with van der Waals surface area (Å²) in [6.45, 7) is 5.93. The molecule has 0 bridgehead atoms. The standard InChI is InChI=1S/C17H29NO3/c1-5-6-7-8-14(2)18-9-10-21-17-12-15(19-3)11-16(13-17)20-4/h11-14,18H,5-10H2,1-4H3. The lowest BCUT2D eigenvalue weighted by Gasteiger charge is -2.14. The Morgan fingerprint density at radius 3 is 2.19 bits per heavy atom. The lowest BCUT2D eigenvalue weighted by molar-refractivity contribution is 0.299. The summed E-state index contributed by atoms with van der Waals surface area (Å²) >= 11 is 0. The second kappa shape index (κ2) is 10.3. The minimum Gasteiger partial charge on any atom is -0.496 e. The van der Waals surface area contributed by atoms with Crippen molar-refractivity contribution < 1.29 is 14.2 Å². The summed E-state index contributed by atoms with van der Waals surface area (Å²) in [6, 6.07) is 6.11. The number of benzene rings is 1. The Hall–Kier alpha value is -1.42. The maximum absolute atomic E-state index is 5.74. The minimum atomic E-state index is 0.542. The van der Waals surface area contributed by atoms with E-state index in [0.717, 1.165) is 23.8 Å². The molecule has 0 spiro atoms. The lowest BCUT2D eigenvalue weighted by Crippen LogP contribution is -2.30. The summed E-state index contributed by atoms with van der Waals surface area (Å²) in [6.07, 6.45) is 5.10. The zero-order valence-electron chi connectivity index (χ0n) is 13.8. The largest absolute Gasteiger partial charge is 0.496 e. The molecular formula is C17H29NO3. The van der Waals surface area contributed by atoms with E-state index in [-0.39, 0.29) is 0 Å². The molecule has 21 heavy (non-hydrogen) atoms. The van der Waals surface area contributed by atoms with Crippen LogP contribution in [-0.2, 0) is 0 Å². The van der Waals surface area contributed by atoms with Crippen LogP contribution < -0.4 is 19.5 Å². The Kier molecular flexibility index (Phi) is 8.67. The zero-order valence-corrected chi connectivity index (χ0v) is 13.8. The molecule has 0 aromatic heterocycles. The zero-order chi connectivity index (χ0) is 15.5. The average molecular weight is 295 g/mol. The monoisotopic (exact) mass is 295 g/mol. The van der Waals surface area contributed by atoms with Gasteiger partial charge >= 0.3 is 0 Å². The highest BCUT2D eigenvalue weighted by atomic mass is 16.5. The summed E-state index contributed by atoms with van der Waals surface area (Å²) in [5.41, 5.74) is 0. The van der Waals surface area contributed by atoms with Crippen molar-refractivity contribution in [3.05, 3.63) is 18.2 Å². The molecule has 4 nitrogen and oxygen atoms in total. The second-order valence-corrected chi connectivity index (χ2v) is 5.25. The van der Waals surface area contributed by atoms with Crippen LogP contribution in [0.4, 0.5) is 0 Å². The molecule has 0 radical (unpaired) electrons. The molecule has 0 saturated carbocycles. The fourth-order valence-electron chi connectivity index (χ4n) is 2.14. The van der Waals surface area contributed by atoms with Crippen LogP contribution in [0.5, 0.6) is 17.2 Å². The van der Waals surface area contributed by atoms with Crippen LogP contribution in [0.3, 0.4) is 0 Å². The second-order valence-electron chi connectivity index (χ2n) is 5.25. The molecule has 0 heterocycles. The lowest BCUT2D eigenvalue weighted by atomic mass is 10.1. The fourth-order valence-corrected chi connectivity index (χ4v) is 2.14. The topological polar surface area (TPSA) is 39.7 Å². The van der Waals surface area contributed by atoms with Gasteiger partial charge in [-0.15, -0.1) is 0 Å². The molecular weight excluding hydrogens is 266 g/mol. The molecule has 1 aromatic carbocycles. The van der Waals surface area contributed by atoms with Gasteiger partial charge in [0.05, 0.1) is 14.2 Å². The van der Waals surface area contributed by atoms with E-state index in [0.29, 0.717) is 12.6 Å². The molecule has 0 fully saturated rings. The van der Waals surface area contributed by atoms with Crippen LogP contribution in [-0.4, -0.2) is 33.4 Å². The van der Waals surface area contributed by atoms with Crippen molar-refractivity contribution in [1.29, 1.82) is 0 Å². The Bertz CT molecular complexity index is 373. The molecule has 1 rings (SSSR count). The van der Waals surface area contributed by atoms with Crippen LogP contribution in [0.2, 0.25) is 0 Å². The van der Waals surface area contributed by atoms with Gasteiger partial charge in [-0.3, -0.25) is 0 Å². The van der Waals surface area contributed by atoms with E-state index >= 15 is 0 Å². The van der Waals surface area contributed by atoms with Gasteiger partial charge in [-0.1, -0.05) is 26.2 Å². The van der Waals surface area contributed by atoms with Gasteiger partial charge in [0, 0.05) is 30.8 Å². The number of rotatable bonds is 11. The fraction of sp³-hybridized carbons (Fsp3) is 0.647. The number of methoxy groups -OCH3 is 2. The molecule has 4 heteroatoms. The van der Waals surface area contributed by atoms with Gasteiger partial charge in [0.1, 0.15) is 23.9 Å². The molecule has 1 atom stereocenters. The van der Waals surface area contributed by atoms with Crippen molar-refractivity contribution in [2.24, 2.45) is 0 Å². The third-order valence-electron chi connectivity index (χ3n) is 3.43. The molecule has 1 N–H and O–H groups in total. The van der Waals surface area contributed by atoms with Gasteiger partial charge in [-0.2, -0.15) is 0 Å². The highest BCUT2D eigenvalue weighted by molar-refractivity contribution is 5.41. The number of unbranched alkanes of at least 4 members (excludes halogenated alkanes) is 2. The van der Waals surface area contributed by atoms with Crippen LogP contribution in [0.25, 0.3) is 0 Å². The Balaban J connectivity index is 2.28. The first-order valence-corrected chi connectivity index (χ1v) is 7.78. The first kappa shape index (κ1) is 17.6. The Morgan fingerprint density at radius 1 is 1.00 bits per heavy atom. The predicted molar refractivity (Wildman–Crippen MR) is 86.6 cm³/mol. The average Bonchev–Trinajstić information content (AvgIpc) is 2.51. The maximum Gasteiger partial charge on any atom is 0.126 e. The van der Waals surface area contributed by atoms with Crippen molar-refractivity contribution in [2.75, 3.05) is 27.4 Å². The molecule has 1 unspecified atom stereocenters. The van der Waals surface area contributed by atoms with Gasteiger partial charge in [-0.25, -0.2) is 0 Å². The first-order chi connectivity index (χ1) is 10.2. The maximum atomic E-state index is 5.74. The minimum absolute atomic E-state index is 0.542. The van der Waals surface area contributed by atoms with Gasteiger partial charge in [-0.05, 0) is 13.3 Å². The molecule has 0 aliphatic carbocycles. The Labute approximate surface area is 128 Å². The van der Waals surface area contributed by atoms with E-state index in [4.69, 9.17) is 14.2 Å². The highest BCUT2D eigenvalue weighted by Crippen LogP contribution is 2.27. The van der Waals surface area contributed by atoms with E-state index < -0.39 is 0 Å². The summed E-state index contributed by atoms with van der Waals surface area (Å²) in [5, 5.41) is 3.48. The van der Waals surface area contributed by atoms with Crippen LogP contribution in [0.15, 0.2) is 18.2 Å². The normalized spacial score (nSPS) is 12.0. The molecule has 0 saturated heterocycles. The van der Waals surface area contributed by atoms with Crippen LogP contribution >= 0.6 is 0 Å². The first-order valence-electron chi connectivity index (χ1n) is 7.78. The quantitative estimate of drug-likeness (QED) is 0.633.